The van der Waals surface area contributed by atoms with Crippen LogP contribution < -0.4 is 0 Å². The van der Waals surface area contributed by atoms with Crippen molar-refractivity contribution in [1.82, 2.24) is 0 Å². The van der Waals surface area contributed by atoms with Crippen LogP contribution in [0.15, 0.2) is 0 Å². The number of aliphatic hydroxyl groups excluding tert-OH is 2. The molecule has 2 fully saturated rings. The fourth-order valence-corrected chi connectivity index (χ4v) is 4.05. The summed E-state index contributed by atoms with van der Waals surface area (Å²) in [5.41, 5.74) is 0. The van der Waals surface area contributed by atoms with Gasteiger partial charge >= 0.3 is 0 Å². The van der Waals surface area contributed by atoms with Gasteiger partial charge in [-0.2, -0.15) is 0 Å². The van der Waals surface area contributed by atoms with Crippen molar-refractivity contribution in [3.8, 4) is 0 Å². The number of carbonyl (C=O) groups is 1. The van der Waals surface area contributed by atoms with Gasteiger partial charge in [0.05, 0.1) is 12.2 Å². The molecular weight excluding hydrogens is 252 g/mol. The van der Waals surface area contributed by atoms with Crippen LogP contribution in [0.3, 0.4) is 0 Å². The Morgan fingerprint density at radius 3 is 2.45 bits per heavy atom. The van der Waals surface area contributed by atoms with Crippen molar-refractivity contribution >= 4 is 5.78 Å². The van der Waals surface area contributed by atoms with E-state index in [1.54, 1.807) is 0 Å². The molecule has 0 amide bonds. The molecule has 2 aliphatic carbocycles. The normalized spacial score (nSPS) is 34.1. The summed E-state index contributed by atoms with van der Waals surface area (Å²) in [5, 5.41) is 20.3. The molecule has 3 nitrogen and oxygen atoms in total. The van der Waals surface area contributed by atoms with E-state index in [-0.39, 0.29) is 30.0 Å². The number of aliphatic hydroxyl groups is 2. The van der Waals surface area contributed by atoms with Crippen molar-refractivity contribution < 1.29 is 15.0 Å². The topological polar surface area (TPSA) is 57.5 Å². The molecule has 116 valence electrons. The van der Waals surface area contributed by atoms with Crippen LogP contribution >= 0.6 is 0 Å². The molecule has 2 N–H and O–H groups in total. The quantitative estimate of drug-likeness (QED) is 0.719. The first kappa shape index (κ1) is 16.0. The molecular formula is C17H30O3. The number of fused-ring (bicyclic) bond motifs is 1. The highest BCUT2D eigenvalue weighted by molar-refractivity contribution is 5.88. The molecule has 2 saturated carbocycles. The Morgan fingerprint density at radius 2 is 1.90 bits per heavy atom. The molecule has 2 rings (SSSR count). The van der Waals surface area contributed by atoms with Gasteiger partial charge in [0, 0.05) is 18.3 Å². The third-order valence-electron chi connectivity index (χ3n) is 5.78. The molecule has 5 atom stereocenters. The summed E-state index contributed by atoms with van der Waals surface area (Å²) in [4.78, 5) is 11.4. The monoisotopic (exact) mass is 282 g/mol. The molecule has 5 unspecified atom stereocenters. The molecule has 0 aliphatic heterocycles. The molecule has 0 saturated heterocycles. The maximum Gasteiger partial charge on any atom is 0.136 e. The first-order valence-corrected chi connectivity index (χ1v) is 8.45. The van der Waals surface area contributed by atoms with E-state index in [4.69, 9.17) is 0 Å². The number of Topliss-reactive ketones (excluding diaryl/α,β-unsaturated/α-hetero) is 1. The number of carbonyl (C=O) groups excluding carboxylic acids is 1. The van der Waals surface area contributed by atoms with Gasteiger partial charge in [0.1, 0.15) is 5.78 Å². The molecule has 2 aliphatic rings. The molecule has 0 spiro atoms. The van der Waals surface area contributed by atoms with Crippen LogP contribution in [0.1, 0.15) is 65.2 Å². The van der Waals surface area contributed by atoms with Crippen molar-refractivity contribution in [2.24, 2.45) is 23.7 Å². The highest BCUT2D eigenvalue weighted by Gasteiger charge is 2.52. The minimum absolute atomic E-state index is 0.136. The third kappa shape index (κ3) is 3.43. The Balaban J connectivity index is 1.66. The van der Waals surface area contributed by atoms with E-state index in [1.807, 2.05) is 0 Å². The van der Waals surface area contributed by atoms with E-state index < -0.39 is 0 Å². The van der Waals surface area contributed by atoms with E-state index in [0.29, 0.717) is 12.2 Å². The van der Waals surface area contributed by atoms with Crippen LogP contribution in [0, 0.1) is 23.7 Å². The summed E-state index contributed by atoms with van der Waals surface area (Å²) >= 11 is 0. The van der Waals surface area contributed by atoms with Crippen molar-refractivity contribution in [3.63, 3.8) is 0 Å². The molecule has 0 radical (unpaired) electrons. The summed E-state index contributed by atoms with van der Waals surface area (Å²) in [7, 11) is 0. The van der Waals surface area contributed by atoms with Crippen LogP contribution in [0.4, 0.5) is 0 Å². The van der Waals surface area contributed by atoms with Crippen LogP contribution in [0.25, 0.3) is 0 Å². The summed E-state index contributed by atoms with van der Waals surface area (Å²) in [6.07, 6.45) is 6.89. The fourth-order valence-electron chi connectivity index (χ4n) is 4.05. The lowest BCUT2D eigenvalue weighted by molar-refractivity contribution is -0.135. The maximum absolute atomic E-state index is 11.4. The van der Waals surface area contributed by atoms with Gasteiger partial charge in [-0.1, -0.05) is 26.7 Å². The van der Waals surface area contributed by atoms with Crippen molar-refractivity contribution in [3.05, 3.63) is 0 Å². The van der Waals surface area contributed by atoms with E-state index in [2.05, 4.69) is 13.8 Å². The SMILES string of the molecule is CCC(CC)CCC(O)CCC1CC2C(=O)CC2C1O. The second-order valence-corrected chi connectivity index (χ2v) is 6.92. The number of ketones is 1. The average Bonchev–Trinajstić information content (AvgIpc) is 2.69. The van der Waals surface area contributed by atoms with Gasteiger partial charge in [-0.05, 0) is 43.9 Å². The van der Waals surface area contributed by atoms with E-state index >= 15 is 0 Å². The van der Waals surface area contributed by atoms with Gasteiger partial charge in [0.2, 0.25) is 0 Å². The predicted octanol–water partition coefficient (Wildman–Crippen LogP) is 2.93. The Morgan fingerprint density at radius 1 is 1.20 bits per heavy atom. The molecule has 0 aromatic rings. The Labute approximate surface area is 122 Å². The smallest absolute Gasteiger partial charge is 0.136 e. The third-order valence-corrected chi connectivity index (χ3v) is 5.78. The Kier molecular flexibility index (Phi) is 5.62. The van der Waals surface area contributed by atoms with Crippen molar-refractivity contribution in [2.45, 2.75) is 77.4 Å². The summed E-state index contributed by atoms with van der Waals surface area (Å²) in [5.74, 6) is 1.67. The maximum atomic E-state index is 11.4. The van der Waals surface area contributed by atoms with Crippen molar-refractivity contribution in [1.29, 1.82) is 0 Å². The fraction of sp³-hybridized carbons (Fsp3) is 0.941. The summed E-state index contributed by atoms with van der Waals surface area (Å²) in [6.45, 7) is 4.42. The van der Waals surface area contributed by atoms with E-state index in [9.17, 15) is 15.0 Å². The summed E-state index contributed by atoms with van der Waals surface area (Å²) in [6, 6.07) is 0. The molecule has 20 heavy (non-hydrogen) atoms. The van der Waals surface area contributed by atoms with Gasteiger partial charge in [0.15, 0.2) is 0 Å². The van der Waals surface area contributed by atoms with Crippen molar-refractivity contribution in [2.75, 3.05) is 0 Å². The zero-order valence-electron chi connectivity index (χ0n) is 12.9. The largest absolute Gasteiger partial charge is 0.393 e. The van der Waals surface area contributed by atoms with Crippen LogP contribution in [-0.2, 0) is 4.79 Å². The summed E-state index contributed by atoms with van der Waals surface area (Å²) < 4.78 is 0. The lowest BCUT2D eigenvalue weighted by Gasteiger charge is -2.30. The zero-order valence-corrected chi connectivity index (χ0v) is 12.9. The second kappa shape index (κ2) is 7.04. The van der Waals surface area contributed by atoms with E-state index in [0.717, 1.165) is 38.0 Å². The molecule has 0 aromatic heterocycles. The van der Waals surface area contributed by atoms with Gasteiger partial charge in [0.25, 0.3) is 0 Å². The van der Waals surface area contributed by atoms with Crippen LogP contribution in [-0.4, -0.2) is 28.2 Å². The minimum atomic E-state index is -0.302. The number of rotatable bonds is 8. The highest BCUT2D eigenvalue weighted by Crippen LogP contribution is 2.48. The minimum Gasteiger partial charge on any atom is -0.393 e. The van der Waals surface area contributed by atoms with Gasteiger partial charge in [-0.3, -0.25) is 4.79 Å². The molecule has 0 aromatic carbocycles. The lowest BCUT2D eigenvalue weighted by atomic mass is 9.74. The average molecular weight is 282 g/mol. The second-order valence-electron chi connectivity index (χ2n) is 6.92. The standard InChI is InChI=1S/C17H30O3/c1-3-11(4-2)5-7-13(18)8-6-12-9-14-15(17(12)20)10-16(14)19/h11-15,17-18,20H,3-10H2,1-2H3. The number of hydrogen-bond donors (Lipinski definition) is 2. The Bertz CT molecular complexity index is 324. The van der Waals surface area contributed by atoms with E-state index in [1.165, 1.54) is 12.8 Å². The molecule has 0 heterocycles. The predicted molar refractivity (Wildman–Crippen MR) is 79.3 cm³/mol. The molecule has 0 bridgehead atoms. The van der Waals surface area contributed by atoms with Gasteiger partial charge in [-0.25, -0.2) is 0 Å². The first-order valence-electron chi connectivity index (χ1n) is 8.45. The Hall–Kier alpha value is -0.410. The van der Waals surface area contributed by atoms with Gasteiger partial charge in [-0.15, -0.1) is 0 Å². The lowest BCUT2D eigenvalue weighted by Crippen LogP contribution is -2.38. The molecule has 3 heteroatoms. The number of hydrogen-bond acceptors (Lipinski definition) is 3. The highest BCUT2D eigenvalue weighted by atomic mass is 16.3. The van der Waals surface area contributed by atoms with Crippen LogP contribution in [0.2, 0.25) is 0 Å². The first-order chi connectivity index (χ1) is 9.56. The van der Waals surface area contributed by atoms with Crippen LogP contribution in [0.5, 0.6) is 0 Å². The zero-order chi connectivity index (χ0) is 14.7. The van der Waals surface area contributed by atoms with Gasteiger partial charge < -0.3 is 10.2 Å².